The van der Waals surface area contributed by atoms with Crippen LogP contribution in [0.1, 0.15) is 45.5 Å². The summed E-state index contributed by atoms with van der Waals surface area (Å²) in [7, 11) is 0. The maximum absolute atomic E-state index is 13.0. The van der Waals surface area contributed by atoms with E-state index in [1.165, 1.54) is 0 Å². The minimum atomic E-state index is -0.264. The highest BCUT2D eigenvalue weighted by atomic mass is 16.4. The Labute approximate surface area is 162 Å². The number of para-hydroxylation sites is 1. The van der Waals surface area contributed by atoms with Crippen LogP contribution >= 0.6 is 0 Å². The fourth-order valence-corrected chi connectivity index (χ4v) is 3.75. The number of carbonyl (C=O) groups is 2. The van der Waals surface area contributed by atoms with E-state index in [2.05, 4.69) is 20.5 Å². The van der Waals surface area contributed by atoms with Crippen LogP contribution in [0.2, 0.25) is 0 Å². The summed E-state index contributed by atoms with van der Waals surface area (Å²) < 4.78 is 5.37. The second-order valence-corrected chi connectivity index (χ2v) is 7.23. The number of fused-ring (bicyclic) bond motifs is 1. The highest BCUT2D eigenvalue weighted by molar-refractivity contribution is 6.04. The van der Waals surface area contributed by atoms with Crippen molar-refractivity contribution in [1.82, 2.24) is 25.4 Å². The van der Waals surface area contributed by atoms with Gasteiger partial charge in [-0.25, -0.2) is 4.98 Å². The van der Waals surface area contributed by atoms with Crippen molar-refractivity contribution in [2.75, 3.05) is 19.6 Å². The molecule has 4 rings (SSSR count). The van der Waals surface area contributed by atoms with Gasteiger partial charge in [-0.3, -0.25) is 14.7 Å². The number of H-pyrrole nitrogens is 1. The Morgan fingerprint density at radius 3 is 2.93 bits per heavy atom. The Bertz CT molecular complexity index is 1020. The molecule has 0 radical (unpaired) electrons. The van der Waals surface area contributed by atoms with Gasteiger partial charge in [0.05, 0.1) is 11.2 Å². The first kappa shape index (κ1) is 18.2. The van der Waals surface area contributed by atoms with E-state index < -0.39 is 0 Å². The molecule has 146 valence electrons. The summed E-state index contributed by atoms with van der Waals surface area (Å²) in [4.78, 5) is 31.2. The van der Waals surface area contributed by atoms with Crippen molar-refractivity contribution in [3.63, 3.8) is 0 Å². The first-order valence-electron chi connectivity index (χ1n) is 9.47. The molecule has 8 heteroatoms. The molecule has 0 aliphatic carbocycles. The number of oxazole rings is 1. The van der Waals surface area contributed by atoms with Crippen molar-refractivity contribution in [2.24, 2.45) is 5.92 Å². The number of amides is 2. The smallest absolute Gasteiger partial charge is 0.289 e. The van der Waals surface area contributed by atoms with Crippen molar-refractivity contribution in [3.8, 4) is 0 Å². The second-order valence-electron chi connectivity index (χ2n) is 7.23. The Balaban J connectivity index is 1.39. The summed E-state index contributed by atoms with van der Waals surface area (Å²) in [5.41, 5.74) is 1.89. The van der Waals surface area contributed by atoms with Crippen molar-refractivity contribution in [2.45, 2.75) is 26.7 Å². The third-order valence-corrected chi connectivity index (χ3v) is 5.14. The van der Waals surface area contributed by atoms with Crippen LogP contribution in [0.15, 0.2) is 28.7 Å². The molecule has 1 unspecified atom stereocenters. The van der Waals surface area contributed by atoms with Crippen LogP contribution < -0.4 is 5.32 Å². The third kappa shape index (κ3) is 3.49. The van der Waals surface area contributed by atoms with Gasteiger partial charge in [0.25, 0.3) is 11.8 Å². The predicted octanol–water partition coefficient (Wildman–Crippen LogP) is 2.45. The van der Waals surface area contributed by atoms with Gasteiger partial charge in [0.15, 0.2) is 11.6 Å². The Morgan fingerprint density at radius 2 is 2.14 bits per heavy atom. The number of aryl methyl sites for hydroxylation is 2. The molecule has 28 heavy (non-hydrogen) atoms. The quantitative estimate of drug-likeness (QED) is 0.722. The van der Waals surface area contributed by atoms with E-state index in [9.17, 15) is 9.59 Å². The molecule has 0 bridgehead atoms. The number of hydrogen-bond acceptors (Lipinski definition) is 5. The fourth-order valence-electron chi connectivity index (χ4n) is 3.75. The molecule has 3 aromatic rings. The van der Waals surface area contributed by atoms with Gasteiger partial charge >= 0.3 is 0 Å². The molecule has 1 saturated heterocycles. The second kappa shape index (κ2) is 7.46. The Hall–Kier alpha value is -3.16. The van der Waals surface area contributed by atoms with Gasteiger partial charge in [-0.2, -0.15) is 5.10 Å². The SMILES string of the molecule is Cc1nc(C)c(C(=O)NCC2CCCN(C(=O)c3n[nH]c4ccccc34)C2)o1. The highest BCUT2D eigenvalue weighted by Gasteiger charge is 2.27. The molecule has 1 aliphatic rings. The van der Waals surface area contributed by atoms with Crippen LogP contribution in [0.25, 0.3) is 10.9 Å². The largest absolute Gasteiger partial charge is 0.436 e. The number of rotatable bonds is 4. The van der Waals surface area contributed by atoms with Crippen LogP contribution in [0.4, 0.5) is 0 Å². The van der Waals surface area contributed by atoms with Gasteiger partial charge in [0.1, 0.15) is 0 Å². The van der Waals surface area contributed by atoms with Gasteiger partial charge in [-0.05, 0) is 31.7 Å². The zero-order valence-corrected chi connectivity index (χ0v) is 16.0. The minimum absolute atomic E-state index is 0.0739. The number of likely N-dealkylation sites (tertiary alicyclic amines) is 1. The van der Waals surface area contributed by atoms with E-state index in [0.717, 1.165) is 23.7 Å². The maximum atomic E-state index is 13.0. The Kier molecular flexibility index (Phi) is 4.85. The summed E-state index contributed by atoms with van der Waals surface area (Å²) in [5.74, 6) is 0.582. The lowest BCUT2D eigenvalue weighted by Gasteiger charge is -2.32. The Morgan fingerprint density at radius 1 is 1.32 bits per heavy atom. The van der Waals surface area contributed by atoms with Gasteiger partial charge in [0, 0.05) is 31.9 Å². The van der Waals surface area contributed by atoms with Gasteiger partial charge in [-0.1, -0.05) is 18.2 Å². The molecule has 2 N–H and O–H groups in total. The zero-order valence-electron chi connectivity index (χ0n) is 16.0. The number of carbonyl (C=O) groups excluding carboxylic acids is 2. The number of aromatic amines is 1. The minimum Gasteiger partial charge on any atom is -0.436 e. The van der Waals surface area contributed by atoms with E-state index in [1.54, 1.807) is 13.8 Å². The maximum Gasteiger partial charge on any atom is 0.289 e. The molecule has 0 spiro atoms. The van der Waals surface area contributed by atoms with E-state index in [0.29, 0.717) is 36.9 Å². The van der Waals surface area contributed by atoms with Crippen LogP contribution in [0, 0.1) is 19.8 Å². The number of nitrogens with one attached hydrogen (secondary N) is 2. The molecule has 1 atom stereocenters. The van der Waals surface area contributed by atoms with E-state index in [4.69, 9.17) is 4.42 Å². The molecule has 1 aliphatic heterocycles. The fraction of sp³-hybridized carbons (Fsp3) is 0.400. The number of benzene rings is 1. The summed E-state index contributed by atoms with van der Waals surface area (Å²) in [5, 5.41) is 10.9. The topological polar surface area (TPSA) is 104 Å². The van der Waals surface area contributed by atoms with E-state index in [-0.39, 0.29) is 23.5 Å². The monoisotopic (exact) mass is 381 g/mol. The van der Waals surface area contributed by atoms with Crippen LogP contribution in [0.5, 0.6) is 0 Å². The molecule has 1 aromatic carbocycles. The first-order chi connectivity index (χ1) is 13.5. The van der Waals surface area contributed by atoms with Crippen molar-refractivity contribution in [1.29, 1.82) is 0 Å². The number of aromatic nitrogens is 3. The lowest BCUT2D eigenvalue weighted by molar-refractivity contribution is 0.0666. The first-order valence-corrected chi connectivity index (χ1v) is 9.47. The lowest BCUT2D eigenvalue weighted by atomic mass is 9.97. The number of piperidine rings is 1. The molecular formula is C20H23N5O3. The number of hydrogen-bond donors (Lipinski definition) is 2. The summed E-state index contributed by atoms with van der Waals surface area (Å²) in [6.45, 7) is 5.25. The lowest BCUT2D eigenvalue weighted by Crippen LogP contribution is -2.43. The molecule has 1 fully saturated rings. The van der Waals surface area contributed by atoms with Gasteiger partial charge in [-0.15, -0.1) is 0 Å². The molecule has 2 amide bonds. The van der Waals surface area contributed by atoms with Crippen molar-refractivity contribution < 1.29 is 14.0 Å². The van der Waals surface area contributed by atoms with Gasteiger partial charge in [0.2, 0.25) is 5.76 Å². The molecular weight excluding hydrogens is 358 g/mol. The zero-order chi connectivity index (χ0) is 19.7. The molecule has 0 saturated carbocycles. The van der Waals surface area contributed by atoms with Crippen molar-refractivity contribution in [3.05, 3.63) is 47.3 Å². The molecule has 2 aromatic heterocycles. The number of nitrogens with zero attached hydrogens (tertiary/aromatic N) is 3. The highest BCUT2D eigenvalue weighted by Crippen LogP contribution is 2.21. The predicted molar refractivity (Wildman–Crippen MR) is 103 cm³/mol. The third-order valence-electron chi connectivity index (χ3n) is 5.14. The van der Waals surface area contributed by atoms with Crippen molar-refractivity contribution >= 4 is 22.7 Å². The average Bonchev–Trinajstić information content (AvgIpc) is 3.28. The summed E-state index contributed by atoms with van der Waals surface area (Å²) >= 11 is 0. The standard InChI is InChI=1S/C20H23N5O3/c1-12-18(28-13(2)22-12)19(26)21-10-14-6-5-9-25(11-14)20(27)17-15-7-3-4-8-16(15)23-24-17/h3-4,7-8,14H,5-6,9-11H2,1-2H3,(H,21,26)(H,23,24). The molecule has 8 nitrogen and oxygen atoms in total. The summed E-state index contributed by atoms with van der Waals surface area (Å²) in [6.07, 6.45) is 1.86. The van der Waals surface area contributed by atoms with E-state index in [1.807, 2.05) is 29.2 Å². The normalized spacial score (nSPS) is 17.1. The summed E-state index contributed by atoms with van der Waals surface area (Å²) in [6, 6.07) is 7.61. The van der Waals surface area contributed by atoms with Crippen LogP contribution in [-0.4, -0.2) is 51.5 Å². The average molecular weight is 381 g/mol. The molecule has 3 heterocycles. The van der Waals surface area contributed by atoms with Crippen LogP contribution in [-0.2, 0) is 0 Å². The van der Waals surface area contributed by atoms with E-state index >= 15 is 0 Å². The van der Waals surface area contributed by atoms with Crippen LogP contribution in [0.3, 0.4) is 0 Å². The van der Waals surface area contributed by atoms with Gasteiger partial charge < -0.3 is 14.6 Å².